The zero-order chi connectivity index (χ0) is 50.6. The highest BCUT2D eigenvalue weighted by molar-refractivity contribution is 6.13. The van der Waals surface area contributed by atoms with Gasteiger partial charge in [-0.1, -0.05) is 97.1 Å². The van der Waals surface area contributed by atoms with E-state index in [1.165, 1.54) is 0 Å². The summed E-state index contributed by atoms with van der Waals surface area (Å²) in [6.45, 7) is 3.97. The van der Waals surface area contributed by atoms with Gasteiger partial charge in [-0.05, 0) is 167 Å². The van der Waals surface area contributed by atoms with E-state index >= 15 is 0 Å². The average molecular weight is 943 g/mol. The molecule has 0 aliphatic heterocycles. The zero-order valence-corrected chi connectivity index (χ0v) is 40.1. The summed E-state index contributed by atoms with van der Waals surface area (Å²) in [6.07, 6.45) is 0. The van der Waals surface area contributed by atoms with Gasteiger partial charge in [-0.25, -0.2) is 0 Å². The third-order valence-electron chi connectivity index (χ3n) is 13.9. The second kappa shape index (κ2) is 17.9. The molecule has 342 valence electrons. The first-order chi connectivity index (χ1) is 36.2. The Hall–Kier alpha value is -10.8. The largest absolute Gasteiger partial charge is 0.308 e. The molecule has 0 spiro atoms. The third kappa shape index (κ3) is 7.56. The van der Waals surface area contributed by atoms with E-state index in [0.717, 1.165) is 111 Å². The number of rotatable bonds is 7. The molecule has 12 aromatic rings. The molecule has 0 atom stereocenters. The Kier molecular flexibility index (Phi) is 10.7. The van der Waals surface area contributed by atoms with Crippen LogP contribution in [-0.2, 0) is 0 Å². The number of nitriles is 5. The van der Waals surface area contributed by atoms with E-state index in [9.17, 15) is 26.3 Å². The SMILES string of the molecule is Cc1cc(-c2cc(-n3c4cc(-c5cccc(C#N)c5)ccc4c4ccc(-c5cccc(C#N)c5)cc43)c(C#N)c(-n3c4cc(-c5cccc(C#N)c5)ccc4c4ccc(-c5cccc(C#N)c5)cc43)c2)cc(C)n1. The molecule has 0 radical (unpaired) electrons. The predicted octanol–water partition coefficient (Wildman–Crippen LogP) is 15.6. The van der Waals surface area contributed by atoms with Gasteiger partial charge in [0.15, 0.2) is 0 Å². The molecule has 0 saturated heterocycles. The summed E-state index contributed by atoms with van der Waals surface area (Å²) < 4.78 is 4.38. The normalized spacial score (nSPS) is 11.0. The molecule has 0 N–H and O–H groups in total. The maximum Gasteiger partial charge on any atom is 0.104 e. The highest BCUT2D eigenvalue weighted by atomic mass is 15.0. The lowest BCUT2D eigenvalue weighted by Crippen LogP contribution is -2.06. The lowest BCUT2D eigenvalue weighted by Gasteiger charge is -2.19. The van der Waals surface area contributed by atoms with Gasteiger partial charge in [-0.3, -0.25) is 4.98 Å². The molecule has 12 rings (SSSR count). The third-order valence-corrected chi connectivity index (χ3v) is 13.9. The fourth-order valence-corrected chi connectivity index (χ4v) is 10.6. The van der Waals surface area contributed by atoms with Crippen molar-refractivity contribution in [3.63, 3.8) is 0 Å². The minimum Gasteiger partial charge on any atom is -0.308 e. The molecule has 0 bridgehead atoms. The zero-order valence-electron chi connectivity index (χ0n) is 40.1. The van der Waals surface area contributed by atoms with Crippen LogP contribution in [0.3, 0.4) is 0 Å². The highest BCUT2D eigenvalue weighted by Crippen LogP contribution is 2.44. The minimum atomic E-state index is 0.413. The van der Waals surface area contributed by atoms with Crippen LogP contribution in [0.4, 0.5) is 0 Å². The number of fused-ring (bicyclic) bond motifs is 6. The van der Waals surface area contributed by atoms with Crippen LogP contribution < -0.4 is 0 Å². The Labute approximate surface area is 426 Å². The standard InChI is InChI=1S/C66H38N8/c1-40-23-54(24-41(2)72-40)55-33-65(73-61-29-50(46-11-3-7-42(25-46)35-67)15-19-56(61)57-20-16-51(30-62(57)73)47-12-4-8-43(26-47)36-68)60(39-71)66(34-55)74-63-31-52(48-13-5-9-44(27-48)37-69)17-21-58(63)59-22-18-53(32-64(59)74)49-14-6-10-45(28-49)38-70/h3-34H,1-2H3. The van der Waals surface area contributed by atoms with Crippen molar-refractivity contribution in [1.29, 1.82) is 26.3 Å². The Morgan fingerprint density at radius 3 is 0.865 bits per heavy atom. The molecule has 0 aliphatic rings. The Balaban J connectivity index is 1.24. The second-order valence-corrected chi connectivity index (χ2v) is 18.5. The number of hydrogen-bond acceptors (Lipinski definition) is 6. The molecule has 0 aliphatic carbocycles. The van der Waals surface area contributed by atoms with Crippen LogP contribution in [0, 0.1) is 70.5 Å². The number of aryl methyl sites for hydroxylation is 2. The molecule has 0 unspecified atom stereocenters. The molecule has 9 aromatic carbocycles. The topological polar surface area (TPSA) is 142 Å². The smallest absolute Gasteiger partial charge is 0.104 e. The van der Waals surface area contributed by atoms with Gasteiger partial charge in [-0.15, -0.1) is 0 Å². The van der Waals surface area contributed by atoms with Gasteiger partial charge in [0.2, 0.25) is 0 Å². The van der Waals surface area contributed by atoms with E-state index in [1.54, 1.807) is 24.3 Å². The van der Waals surface area contributed by atoms with Crippen molar-refractivity contribution in [2.75, 3.05) is 0 Å². The molecule has 74 heavy (non-hydrogen) atoms. The van der Waals surface area contributed by atoms with E-state index in [4.69, 9.17) is 4.98 Å². The fourth-order valence-electron chi connectivity index (χ4n) is 10.6. The number of hydrogen-bond donors (Lipinski definition) is 0. The van der Waals surface area contributed by atoms with Gasteiger partial charge < -0.3 is 9.13 Å². The fraction of sp³-hybridized carbons (Fsp3) is 0.0303. The van der Waals surface area contributed by atoms with Gasteiger partial charge in [0.05, 0.1) is 80.0 Å². The maximum absolute atomic E-state index is 12.0. The number of pyridine rings is 1. The first-order valence-corrected chi connectivity index (χ1v) is 24.0. The van der Waals surface area contributed by atoms with Crippen LogP contribution in [0.5, 0.6) is 0 Å². The Morgan fingerprint density at radius 2 is 0.581 bits per heavy atom. The van der Waals surface area contributed by atoms with Crippen molar-refractivity contribution in [1.82, 2.24) is 14.1 Å². The summed E-state index contributed by atoms with van der Waals surface area (Å²) in [7, 11) is 0. The van der Waals surface area contributed by atoms with Crippen molar-refractivity contribution < 1.29 is 0 Å². The van der Waals surface area contributed by atoms with Crippen LogP contribution in [0.15, 0.2) is 194 Å². The molecular formula is C66H38N8. The summed E-state index contributed by atoms with van der Waals surface area (Å²) in [5.41, 5.74) is 17.9. The molecule has 3 heterocycles. The van der Waals surface area contributed by atoms with Crippen LogP contribution in [0.25, 0.3) is 111 Å². The van der Waals surface area contributed by atoms with E-state index in [0.29, 0.717) is 39.2 Å². The summed E-state index contributed by atoms with van der Waals surface area (Å²) in [6, 6.07) is 75.9. The van der Waals surface area contributed by atoms with E-state index in [1.807, 2.05) is 86.6 Å². The summed E-state index contributed by atoms with van der Waals surface area (Å²) in [5.74, 6) is 0. The summed E-state index contributed by atoms with van der Waals surface area (Å²) in [4.78, 5) is 4.76. The van der Waals surface area contributed by atoms with Gasteiger partial charge >= 0.3 is 0 Å². The molecule has 0 saturated carbocycles. The van der Waals surface area contributed by atoms with Crippen molar-refractivity contribution >= 4 is 43.6 Å². The second-order valence-electron chi connectivity index (χ2n) is 18.5. The van der Waals surface area contributed by atoms with Crippen LogP contribution >= 0.6 is 0 Å². The van der Waals surface area contributed by atoms with Crippen LogP contribution in [-0.4, -0.2) is 14.1 Å². The van der Waals surface area contributed by atoms with E-state index < -0.39 is 0 Å². The highest BCUT2D eigenvalue weighted by Gasteiger charge is 2.24. The van der Waals surface area contributed by atoms with Crippen molar-refractivity contribution in [3.8, 4) is 97.4 Å². The van der Waals surface area contributed by atoms with Gasteiger partial charge in [0.1, 0.15) is 11.6 Å². The number of benzene rings is 9. The molecule has 8 nitrogen and oxygen atoms in total. The Bertz CT molecular complexity index is 4080. The van der Waals surface area contributed by atoms with Gasteiger partial charge in [0, 0.05) is 32.9 Å². The van der Waals surface area contributed by atoms with Gasteiger partial charge in [0.25, 0.3) is 0 Å². The van der Waals surface area contributed by atoms with Crippen molar-refractivity contribution in [2.45, 2.75) is 13.8 Å². The summed E-state index contributed by atoms with van der Waals surface area (Å²) >= 11 is 0. The monoisotopic (exact) mass is 942 g/mol. The number of aromatic nitrogens is 3. The lowest BCUT2D eigenvalue weighted by molar-refractivity contribution is 1.11. The molecule has 8 heteroatoms. The van der Waals surface area contributed by atoms with Gasteiger partial charge in [-0.2, -0.15) is 26.3 Å². The summed E-state index contributed by atoms with van der Waals surface area (Å²) in [5, 5.41) is 55.6. The van der Waals surface area contributed by atoms with E-state index in [2.05, 4.69) is 137 Å². The lowest BCUT2D eigenvalue weighted by atomic mass is 9.98. The molecule has 3 aromatic heterocycles. The van der Waals surface area contributed by atoms with E-state index in [-0.39, 0.29) is 0 Å². The number of nitrogens with zero attached hydrogens (tertiary/aromatic N) is 8. The maximum atomic E-state index is 12.0. The molecule has 0 amide bonds. The van der Waals surface area contributed by atoms with Crippen LogP contribution in [0.2, 0.25) is 0 Å². The van der Waals surface area contributed by atoms with Crippen LogP contribution in [0.1, 0.15) is 39.2 Å². The quantitative estimate of drug-likeness (QED) is 0.156. The molecule has 0 fully saturated rings. The first kappa shape index (κ1) is 44.4. The van der Waals surface area contributed by atoms with Crippen molar-refractivity contribution in [3.05, 3.63) is 233 Å². The van der Waals surface area contributed by atoms with Crippen molar-refractivity contribution in [2.24, 2.45) is 0 Å². The predicted molar refractivity (Wildman–Crippen MR) is 293 cm³/mol. The average Bonchev–Trinajstić information content (AvgIpc) is 3.95. The molecular weight excluding hydrogens is 905 g/mol. The Morgan fingerprint density at radius 1 is 0.297 bits per heavy atom. The minimum absolute atomic E-state index is 0.413. The first-order valence-electron chi connectivity index (χ1n) is 24.0.